The molecule has 0 aliphatic heterocycles. The van der Waals surface area contributed by atoms with Crippen molar-refractivity contribution in [1.82, 2.24) is 0 Å². The number of hydrogen-bond donors (Lipinski definition) is 2. The fourth-order valence-corrected chi connectivity index (χ4v) is 1.76. The molecule has 3 N–H and O–H groups in total. The van der Waals surface area contributed by atoms with Gasteiger partial charge in [0.2, 0.25) is 0 Å². The fourth-order valence-electron chi connectivity index (χ4n) is 1.76. The number of nitrogens with two attached hydrogens (primary N) is 1. The normalized spacial score (nSPS) is 9.85. The van der Waals surface area contributed by atoms with E-state index in [1.54, 1.807) is 12.1 Å². The van der Waals surface area contributed by atoms with Gasteiger partial charge in [0.05, 0.1) is 12.7 Å². The van der Waals surface area contributed by atoms with E-state index in [1.807, 2.05) is 18.2 Å². The van der Waals surface area contributed by atoms with Crippen LogP contribution in [-0.4, -0.2) is 18.9 Å². The van der Waals surface area contributed by atoms with Crippen LogP contribution in [0, 0.1) is 0 Å². The average molecular weight is 270 g/mol. The Bertz CT molecular complexity index is 639. The van der Waals surface area contributed by atoms with Crippen molar-refractivity contribution < 1.29 is 14.3 Å². The molecule has 0 unspecified atom stereocenters. The monoisotopic (exact) mass is 270 g/mol. The van der Waals surface area contributed by atoms with E-state index >= 15 is 0 Å². The third-order valence-corrected chi connectivity index (χ3v) is 2.76. The number of benzene rings is 2. The number of methoxy groups -OCH3 is 1. The first kappa shape index (κ1) is 13.6. The molecule has 0 saturated heterocycles. The Morgan fingerprint density at radius 2 is 1.80 bits per heavy atom. The van der Waals surface area contributed by atoms with E-state index in [1.165, 1.54) is 25.3 Å². The van der Waals surface area contributed by atoms with Gasteiger partial charge in [-0.1, -0.05) is 18.2 Å². The van der Waals surface area contributed by atoms with Gasteiger partial charge in [0, 0.05) is 11.3 Å². The first-order chi connectivity index (χ1) is 9.61. The van der Waals surface area contributed by atoms with Gasteiger partial charge in [-0.15, -0.1) is 0 Å². The molecule has 5 nitrogen and oxygen atoms in total. The molecular formula is C15H14N2O3. The van der Waals surface area contributed by atoms with Crippen molar-refractivity contribution in [2.24, 2.45) is 5.73 Å². The van der Waals surface area contributed by atoms with Crippen LogP contribution in [0.15, 0.2) is 48.5 Å². The van der Waals surface area contributed by atoms with Crippen LogP contribution in [0.5, 0.6) is 5.75 Å². The van der Waals surface area contributed by atoms with Crippen molar-refractivity contribution in [3.8, 4) is 5.75 Å². The molecular weight excluding hydrogens is 256 g/mol. The summed E-state index contributed by atoms with van der Waals surface area (Å²) in [5.74, 6) is -0.611. The number of rotatable bonds is 4. The van der Waals surface area contributed by atoms with E-state index in [0.29, 0.717) is 11.3 Å². The molecule has 0 aliphatic rings. The van der Waals surface area contributed by atoms with Gasteiger partial charge in [0.15, 0.2) is 0 Å². The Labute approximate surface area is 116 Å². The van der Waals surface area contributed by atoms with Gasteiger partial charge >= 0.3 is 0 Å². The summed E-state index contributed by atoms with van der Waals surface area (Å²) < 4.78 is 5.07. The standard InChI is InChI=1S/C15H14N2O3/c1-20-13-9-10(7-8-12(13)14(16)18)15(19)17-11-5-3-2-4-6-11/h2-9H,1H3,(H2,16,18)(H,17,19). The number of primary amides is 1. The van der Waals surface area contributed by atoms with Crippen molar-refractivity contribution in [1.29, 1.82) is 0 Å². The predicted molar refractivity (Wildman–Crippen MR) is 75.9 cm³/mol. The van der Waals surface area contributed by atoms with Gasteiger partial charge in [-0.3, -0.25) is 9.59 Å². The van der Waals surface area contributed by atoms with Crippen molar-refractivity contribution in [2.45, 2.75) is 0 Å². The molecule has 0 radical (unpaired) electrons. The summed E-state index contributed by atoms with van der Waals surface area (Å²) >= 11 is 0. The predicted octanol–water partition coefficient (Wildman–Crippen LogP) is 2.05. The lowest BCUT2D eigenvalue weighted by atomic mass is 10.1. The molecule has 0 saturated carbocycles. The van der Waals surface area contributed by atoms with E-state index in [9.17, 15) is 9.59 Å². The summed E-state index contributed by atoms with van der Waals surface area (Å²) in [5.41, 5.74) is 6.54. The molecule has 20 heavy (non-hydrogen) atoms. The zero-order chi connectivity index (χ0) is 14.5. The van der Waals surface area contributed by atoms with Gasteiger partial charge in [-0.2, -0.15) is 0 Å². The third-order valence-electron chi connectivity index (χ3n) is 2.76. The van der Waals surface area contributed by atoms with E-state index in [0.717, 1.165) is 0 Å². The molecule has 0 spiro atoms. The summed E-state index contributed by atoms with van der Waals surface area (Å²) in [7, 11) is 1.42. The number of hydrogen-bond acceptors (Lipinski definition) is 3. The molecule has 0 aromatic heterocycles. The highest BCUT2D eigenvalue weighted by Gasteiger charge is 2.13. The van der Waals surface area contributed by atoms with Crippen LogP contribution in [0.4, 0.5) is 5.69 Å². The minimum absolute atomic E-state index is 0.240. The maximum atomic E-state index is 12.1. The fraction of sp³-hybridized carbons (Fsp3) is 0.0667. The third kappa shape index (κ3) is 2.95. The molecule has 0 atom stereocenters. The number of ether oxygens (including phenoxy) is 1. The van der Waals surface area contributed by atoms with Crippen LogP contribution >= 0.6 is 0 Å². The molecule has 0 bridgehead atoms. The molecule has 2 aromatic rings. The molecule has 0 aliphatic carbocycles. The van der Waals surface area contributed by atoms with Crippen LogP contribution in [0.2, 0.25) is 0 Å². The second-order valence-corrected chi connectivity index (χ2v) is 4.10. The highest BCUT2D eigenvalue weighted by molar-refractivity contribution is 6.05. The lowest BCUT2D eigenvalue weighted by molar-refractivity contribution is 0.0992. The molecule has 5 heteroatoms. The molecule has 0 heterocycles. The average Bonchev–Trinajstić information content (AvgIpc) is 2.47. The zero-order valence-electron chi connectivity index (χ0n) is 10.9. The Kier molecular flexibility index (Phi) is 4.00. The quantitative estimate of drug-likeness (QED) is 0.892. The number of anilines is 1. The van der Waals surface area contributed by atoms with Crippen LogP contribution in [0.25, 0.3) is 0 Å². The Morgan fingerprint density at radius 3 is 2.40 bits per heavy atom. The minimum Gasteiger partial charge on any atom is -0.496 e. The van der Waals surface area contributed by atoms with E-state index in [-0.39, 0.29) is 17.2 Å². The van der Waals surface area contributed by atoms with Gasteiger partial charge in [0.25, 0.3) is 11.8 Å². The number of carbonyl (C=O) groups excluding carboxylic acids is 2. The van der Waals surface area contributed by atoms with Crippen molar-refractivity contribution in [2.75, 3.05) is 12.4 Å². The highest BCUT2D eigenvalue weighted by atomic mass is 16.5. The lowest BCUT2D eigenvalue weighted by Crippen LogP contribution is -2.15. The maximum Gasteiger partial charge on any atom is 0.255 e. The summed E-state index contributed by atoms with van der Waals surface area (Å²) in [6, 6.07) is 13.6. The highest BCUT2D eigenvalue weighted by Crippen LogP contribution is 2.20. The van der Waals surface area contributed by atoms with Gasteiger partial charge in [-0.25, -0.2) is 0 Å². The molecule has 2 amide bonds. The lowest BCUT2D eigenvalue weighted by Gasteiger charge is -2.09. The first-order valence-electron chi connectivity index (χ1n) is 5.96. The SMILES string of the molecule is COc1cc(C(=O)Nc2ccccc2)ccc1C(N)=O. The number of amides is 2. The Balaban J connectivity index is 2.25. The molecule has 2 aromatic carbocycles. The first-order valence-corrected chi connectivity index (χ1v) is 5.96. The molecule has 102 valence electrons. The summed E-state index contributed by atoms with van der Waals surface area (Å²) in [6.45, 7) is 0. The number of nitrogens with one attached hydrogen (secondary N) is 1. The van der Waals surface area contributed by atoms with Gasteiger partial charge in [0.1, 0.15) is 5.75 Å². The largest absolute Gasteiger partial charge is 0.496 e. The van der Waals surface area contributed by atoms with Crippen molar-refractivity contribution in [3.63, 3.8) is 0 Å². The summed E-state index contributed by atoms with van der Waals surface area (Å²) in [5, 5.41) is 2.75. The number of carbonyl (C=O) groups is 2. The minimum atomic E-state index is -0.600. The van der Waals surface area contributed by atoms with Crippen LogP contribution < -0.4 is 15.8 Å². The van der Waals surface area contributed by atoms with Crippen molar-refractivity contribution in [3.05, 3.63) is 59.7 Å². The topological polar surface area (TPSA) is 81.4 Å². The smallest absolute Gasteiger partial charge is 0.255 e. The van der Waals surface area contributed by atoms with E-state index in [4.69, 9.17) is 10.5 Å². The van der Waals surface area contributed by atoms with Crippen LogP contribution in [-0.2, 0) is 0 Å². The van der Waals surface area contributed by atoms with Crippen LogP contribution in [0.1, 0.15) is 20.7 Å². The van der Waals surface area contributed by atoms with Crippen molar-refractivity contribution >= 4 is 17.5 Å². The summed E-state index contributed by atoms with van der Waals surface area (Å²) in [4.78, 5) is 23.3. The Hall–Kier alpha value is -2.82. The Morgan fingerprint density at radius 1 is 1.10 bits per heavy atom. The van der Waals surface area contributed by atoms with Gasteiger partial charge in [-0.05, 0) is 30.3 Å². The van der Waals surface area contributed by atoms with E-state index < -0.39 is 5.91 Å². The van der Waals surface area contributed by atoms with Crippen LogP contribution in [0.3, 0.4) is 0 Å². The molecule has 2 rings (SSSR count). The second-order valence-electron chi connectivity index (χ2n) is 4.10. The zero-order valence-corrected chi connectivity index (χ0v) is 10.9. The molecule has 0 fully saturated rings. The number of para-hydroxylation sites is 1. The maximum absolute atomic E-state index is 12.1. The summed E-state index contributed by atoms with van der Waals surface area (Å²) in [6.07, 6.45) is 0. The van der Waals surface area contributed by atoms with Gasteiger partial charge < -0.3 is 15.8 Å². The second kappa shape index (κ2) is 5.88. The van der Waals surface area contributed by atoms with E-state index in [2.05, 4.69) is 5.32 Å².